The lowest BCUT2D eigenvalue weighted by Crippen LogP contribution is -2.47. The summed E-state index contributed by atoms with van der Waals surface area (Å²) in [5.74, 6) is -1.88. The van der Waals surface area contributed by atoms with Crippen molar-refractivity contribution >= 4 is 23.8 Å². The standard InChI is InChI=1S/C24H36N2O4.C2H2O4/c1-5-11-25(18-14-19-20(29-4)9-8-10-21(19)30-17-18)12-6-7-13-26-22(27)15-24(2,3)16-23(26)28;3-1(4)2(5)6/h8-10,18H,5-7,11-17H2,1-4H3;(H,3,4)(H,5,6). The van der Waals surface area contributed by atoms with Crippen LogP contribution >= 0.6 is 0 Å². The first-order valence-corrected chi connectivity index (χ1v) is 12.3. The predicted octanol–water partition coefficient (Wildman–Crippen LogP) is 2.82. The van der Waals surface area contributed by atoms with Crippen LogP contribution in [0.15, 0.2) is 18.2 Å². The number of carbonyl (C=O) groups excluding carboxylic acids is 2. The zero-order valence-electron chi connectivity index (χ0n) is 21.6. The third-order valence-corrected chi connectivity index (χ3v) is 6.33. The van der Waals surface area contributed by atoms with Crippen molar-refractivity contribution in [2.75, 3.05) is 33.4 Å². The molecule has 2 N–H and O–H groups in total. The Bertz CT molecular complexity index is 900. The zero-order chi connectivity index (χ0) is 26.9. The van der Waals surface area contributed by atoms with Crippen LogP contribution < -0.4 is 9.47 Å². The second-order valence-electron chi connectivity index (χ2n) is 9.92. The SMILES string of the molecule is CCCN(CCCCN1C(=O)CC(C)(C)CC1=O)C1COc2cccc(OC)c2C1.O=C(O)C(=O)O. The number of ether oxygens (including phenoxy) is 2. The van der Waals surface area contributed by atoms with Crippen molar-refractivity contribution in [1.82, 2.24) is 9.80 Å². The van der Waals surface area contributed by atoms with Gasteiger partial charge in [0.15, 0.2) is 0 Å². The van der Waals surface area contributed by atoms with Crippen LogP contribution in [0.2, 0.25) is 0 Å². The normalized spacial score (nSPS) is 18.6. The van der Waals surface area contributed by atoms with Crippen molar-refractivity contribution in [2.45, 2.75) is 65.3 Å². The van der Waals surface area contributed by atoms with Crippen LogP contribution in [-0.4, -0.2) is 83.2 Å². The predicted molar refractivity (Wildman–Crippen MR) is 132 cm³/mol. The van der Waals surface area contributed by atoms with E-state index in [0.29, 0.717) is 32.0 Å². The highest BCUT2D eigenvalue weighted by Gasteiger charge is 2.37. The van der Waals surface area contributed by atoms with Gasteiger partial charge < -0.3 is 19.7 Å². The van der Waals surface area contributed by atoms with E-state index < -0.39 is 11.9 Å². The fraction of sp³-hybridized carbons (Fsp3) is 0.615. The topological polar surface area (TPSA) is 134 Å². The number of hydrogen-bond donors (Lipinski definition) is 2. The molecule has 10 nitrogen and oxygen atoms in total. The summed E-state index contributed by atoms with van der Waals surface area (Å²) in [6, 6.07) is 6.27. The molecule has 10 heteroatoms. The molecular weight excluding hydrogens is 468 g/mol. The Labute approximate surface area is 212 Å². The number of imide groups is 1. The third-order valence-electron chi connectivity index (χ3n) is 6.33. The van der Waals surface area contributed by atoms with E-state index in [-0.39, 0.29) is 17.2 Å². The first kappa shape index (κ1) is 29.1. The molecule has 0 saturated carbocycles. The molecule has 0 bridgehead atoms. The minimum Gasteiger partial charge on any atom is -0.496 e. The molecule has 3 rings (SSSR count). The van der Waals surface area contributed by atoms with E-state index in [2.05, 4.69) is 11.8 Å². The van der Waals surface area contributed by atoms with Crippen molar-refractivity contribution in [2.24, 2.45) is 5.41 Å². The molecule has 1 aromatic carbocycles. The van der Waals surface area contributed by atoms with E-state index in [1.165, 1.54) is 4.90 Å². The van der Waals surface area contributed by atoms with Gasteiger partial charge in [-0.05, 0) is 56.3 Å². The number of fused-ring (bicyclic) bond motifs is 1. The maximum absolute atomic E-state index is 12.3. The summed E-state index contributed by atoms with van der Waals surface area (Å²) in [5, 5.41) is 14.8. The van der Waals surface area contributed by atoms with Crippen LogP contribution in [0.3, 0.4) is 0 Å². The first-order chi connectivity index (χ1) is 17.0. The van der Waals surface area contributed by atoms with Gasteiger partial charge in [-0.3, -0.25) is 19.4 Å². The summed E-state index contributed by atoms with van der Waals surface area (Å²) in [6.45, 7) is 9.33. The zero-order valence-corrected chi connectivity index (χ0v) is 21.6. The number of benzene rings is 1. The summed E-state index contributed by atoms with van der Waals surface area (Å²) in [7, 11) is 1.70. The van der Waals surface area contributed by atoms with Crippen molar-refractivity contribution in [3.05, 3.63) is 23.8 Å². The van der Waals surface area contributed by atoms with Gasteiger partial charge in [-0.2, -0.15) is 0 Å². The van der Waals surface area contributed by atoms with E-state index in [9.17, 15) is 9.59 Å². The highest BCUT2D eigenvalue weighted by molar-refractivity contribution is 6.27. The second kappa shape index (κ2) is 13.2. The van der Waals surface area contributed by atoms with E-state index in [4.69, 9.17) is 29.3 Å². The summed E-state index contributed by atoms with van der Waals surface area (Å²) < 4.78 is 11.6. The van der Waals surface area contributed by atoms with Crippen LogP contribution in [0.5, 0.6) is 11.5 Å². The second-order valence-corrected chi connectivity index (χ2v) is 9.92. The summed E-state index contributed by atoms with van der Waals surface area (Å²) >= 11 is 0. The number of carboxylic acids is 2. The van der Waals surface area contributed by atoms with Crippen molar-refractivity contribution in [3.8, 4) is 11.5 Å². The minimum absolute atomic E-state index is 0.0222. The van der Waals surface area contributed by atoms with E-state index >= 15 is 0 Å². The molecule has 1 fully saturated rings. The Morgan fingerprint density at radius 3 is 2.31 bits per heavy atom. The van der Waals surface area contributed by atoms with Gasteiger partial charge in [0.1, 0.15) is 18.1 Å². The van der Waals surface area contributed by atoms with Crippen molar-refractivity contribution < 1.29 is 38.9 Å². The third kappa shape index (κ3) is 8.22. The Morgan fingerprint density at radius 1 is 1.11 bits per heavy atom. The molecule has 200 valence electrons. The average molecular weight is 507 g/mol. The van der Waals surface area contributed by atoms with Gasteiger partial charge in [0.25, 0.3) is 0 Å². The van der Waals surface area contributed by atoms with Crippen LogP contribution in [0.25, 0.3) is 0 Å². The highest BCUT2D eigenvalue weighted by atomic mass is 16.5. The van der Waals surface area contributed by atoms with Gasteiger partial charge in [0, 0.05) is 31.0 Å². The number of likely N-dealkylation sites (tertiary alicyclic amines) is 1. The molecule has 0 radical (unpaired) electrons. The average Bonchev–Trinajstić information content (AvgIpc) is 2.81. The summed E-state index contributed by atoms with van der Waals surface area (Å²) in [4.78, 5) is 46.8. The number of hydrogen-bond acceptors (Lipinski definition) is 7. The smallest absolute Gasteiger partial charge is 0.414 e. The van der Waals surface area contributed by atoms with Gasteiger partial charge >= 0.3 is 11.9 Å². The molecule has 2 aliphatic rings. The molecule has 1 aromatic rings. The van der Waals surface area contributed by atoms with Crippen LogP contribution in [0, 0.1) is 5.41 Å². The van der Waals surface area contributed by atoms with E-state index in [0.717, 1.165) is 55.8 Å². The molecule has 2 aliphatic heterocycles. The lowest BCUT2D eigenvalue weighted by Gasteiger charge is -2.36. The molecule has 2 heterocycles. The Kier molecular flexibility index (Phi) is 10.7. The van der Waals surface area contributed by atoms with Gasteiger partial charge in [-0.15, -0.1) is 0 Å². The Hall–Kier alpha value is -3.14. The van der Waals surface area contributed by atoms with Crippen LogP contribution in [-0.2, 0) is 25.6 Å². The Balaban J connectivity index is 0.000000678. The van der Waals surface area contributed by atoms with Gasteiger partial charge in [0.2, 0.25) is 11.8 Å². The fourth-order valence-electron chi connectivity index (χ4n) is 4.60. The summed E-state index contributed by atoms with van der Waals surface area (Å²) in [5.41, 5.74) is 0.936. The number of amides is 2. The number of nitrogens with zero attached hydrogens (tertiary/aromatic N) is 2. The Morgan fingerprint density at radius 2 is 1.75 bits per heavy atom. The molecular formula is C26H38N2O8. The first-order valence-electron chi connectivity index (χ1n) is 12.3. The lowest BCUT2D eigenvalue weighted by molar-refractivity contribution is -0.159. The van der Waals surface area contributed by atoms with Crippen LogP contribution in [0.1, 0.15) is 58.4 Å². The van der Waals surface area contributed by atoms with Crippen molar-refractivity contribution in [1.29, 1.82) is 0 Å². The molecule has 0 aromatic heterocycles. The number of carboxylic acid groups (broad SMARTS) is 2. The quantitative estimate of drug-likeness (QED) is 0.295. The van der Waals surface area contributed by atoms with Gasteiger partial charge in [-0.1, -0.05) is 26.8 Å². The molecule has 2 amide bonds. The number of methoxy groups -OCH3 is 1. The number of rotatable bonds is 9. The van der Waals surface area contributed by atoms with Gasteiger partial charge in [-0.25, -0.2) is 9.59 Å². The molecule has 0 aliphatic carbocycles. The summed E-state index contributed by atoms with van der Waals surface area (Å²) in [6.07, 6.45) is 4.70. The van der Waals surface area contributed by atoms with E-state index in [1.807, 2.05) is 32.0 Å². The van der Waals surface area contributed by atoms with Crippen molar-refractivity contribution in [3.63, 3.8) is 0 Å². The van der Waals surface area contributed by atoms with Gasteiger partial charge in [0.05, 0.1) is 7.11 Å². The maximum Gasteiger partial charge on any atom is 0.414 e. The molecule has 1 unspecified atom stereocenters. The monoisotopic (exact) mass is 506 g/mol. The highest BCUT2D eigenvalue weighted by Crippen LogP contribution is 2.34. The number of unbranched alkanes of at least 4 members (excludes halogenated alkanes) is 1. The number of aliphatic carboxylic acids is 2. The van der Waals surface area contributed by atoms with Crippen LogP contribution in [0.4, 0.5) is 0 Å². The number of piperidine rings is 1. The number of carbonyl (C=O) groups is 4. The molecule has 1 atom stereocenters. The molecule has 0 spiro atoms. The molecule has 36 heavy (non-hydrogen) atoms. The largest absolute Gasteiger partial charge is 0.496 e. The fourth-order valence-corrected chi connectivity index (χ4v) is 4.60. The molecule has 1 saturated heterocycles. The lowest BCUT2D eigenvalue weighted by atomic mass is 9.82. The minimum atomic E-state index is -1.82. The van der Waals surface area contributed by atoms with E-state index in [1.54, 1.807) is 7.11 Å². The maximum atomic E-state index is 12.3.